The molecule has 1 amide bonds. The zero-order valence-corrected chi connectivity index (χ0v) is 8.78. The number of carbonyl (C=O) groups excluding carboxylic acids is 1. The number of rotatable bonds is 3. The molecule has 0 bridgehead atoms. The minimum atomic E-state index is 0.0679. The van der Waals surface area contributed by atoms with Crippen LogP contribution in [-0.2, 0) is 4.79 Å². The lowest BCUT2D eigenvalue weighted by Gasteiger charge is -2.39. The maximum atomic E-state index is 11.7. The molecule has 1 heterocycles. The van der Waals surface area contributed by atoms with E-state index in [2.05, 4.69) is 5.01 Å². The van der Waals surface area contributed by atoms with Gasteiger partial charge in [0.1, 0.15) is 0 Å². The van der Waals surface area contributed by atoms with E-state index in [9.17, 15) is 4.79 Å². The van der Waals surface area contributed by atoms with E-state index in [1.807, 2.05) is 11.9 Å². The van der Waals surface area contributed by atoms with Crippen molar-refractivity contribution < 1.29 is 4.79 Å². The van der Waals surface area contributed by atoms with Crippen molar-refractivity contribution in [1.82, 2.24) is 10.0 Å². The molecular formula is C10H19N3O. The highest BCUT2D eigenvalue weighted by Crippen LogP contribution is 2.30. The number of hydrazine groups is 1. The molecule has 1 aliphatic carbocycles. The van der Waals surface area contributed by atoms with Gasteiger partial charge in [-0.25, -0.2) is 5.01 Å². The smallest absolute Gasteiger partial charge is 0.236 e. The maximum Gasteiger partial charge on any atom is 0.236 e. The van der Waals surface area contributed by atoms with Crippen molar-refractivity contribution in [2.75, 3.05) is 13.1 Å². The van der Waals surface area contributed by atoms with E-state index >= 15 is 0 Å². The largest absolute Gasteiger partial charge is 0.326 e. The summed E-state index contributed by atoms with van der Waals surface area (Å²) in [7, 11) is 0. The summed E-state index contributed by atoms with van der Waals surface area (Å²) < 4.78 is 0. The van der Waals surface area contributed by atoms with Crippen LogP contribution < -0.4 is 5.73 Å². The zero-order valence-electron chi connectivity index (χ0n) is 8.78. The molecule has 2 rings (SSSR count). The third-order valence-electron chi connectivity index (χ3n) is 2.81. The molecule has 1 saturated carbocycles. The predicted octanol–water partition coefficient (Wildman–Crippen LogP) is 0.335. The van der Waals surface area contributed by atoms with Crippen molar-refractivity contribution in [1.29, 1.82) is 0 Å². The summed E-state index contributed by atoms with van der Waals surface area (Å²) in [6, 6.07) is 0.691. The van der Waals surface area contributed by atoms with Crippen LogP contribution in [0.2, 0.25) is 0 Å². The number of hydrogen-bond acceptors (Lipinski definition) is 3. The second kappa shape index (κ2) is 3.87. The highest BCUT2D eigenvalue weighted by atomic mass is 16.2. The van der Waals surface area contributed by atoms with E-state index in [0.717, 1.165) is 13.0 Å². The van der Waals surface area contributed by atoms with Crippen molar-refractivity contribution >= 4 is 5.91 Å². The Morgan fingerprint density at radius 3 is 2.86 bits per heavy atom. The van der Waals surface area contributed by atoms with Gasteiger partial charge in [0.05, 0.1) is 6.54 Å². The number of nitrogens with two attached hydrogens (primary N) is 1. The second-order valence-electron chi connectivity index (χ2n) is 4.45. The summed E-state index contributed by atoms with van der Waals surface area (Å²) in [5, 5.41) is 4.11. The summed E-state index contributed by atoms with van der Waals surface area (Å²) in [4.78, 5) is 11.7. The number of amides is 1. The van der Waals surface area contributed by atoms with Crippen molar-refractivity contribution in [2.45, 2.75) is 44.7 Å². The highest BCUT2D eigenvalue weighted by molar-refractivity contribution is 5.76. The molecule has 1 atom stereocenters. The first kappa shape index (κ1) is 9.93. The lowest BCUT2D eigenvalue weighted by atomic mass is 10.2. The quantitative estimate of drug-likeness (QED) is 0.709. The normalized spacial score (nSPS) is 26.7. The molecule has 0 radical (unpaired) electrons. The topological polar surface area (TPSA) is 49.6 Å². The molecule has 80 valence electrons. The molecule has 4 heteroatoms. The van der Waals surface area contributed by atoms with Crippen LogP contribution in [0.5, 0.6) is 0 Å². The Kier molecular flexibility index (Phi) is 2.74. The molecule has 0 aromatic heterocycles. The molecule has 2 fully saturated rings. The summed E-state index contributed by atoms with van der Waals surface area (Å²) in [6.07, 6.45) is 4.17. The molecule has 2 aliphatic rings. The molecule has 0 aromatic carbocycles. The Morgan fingerprint density at radius 2 is 2.29 bits per heavy atom. The van der Waals surface area contributed by atoms with Gasteiger partial charge < -0.3 is 5.73 Å². The monoisotopic (exact) mass is 197 g/mol. The van der Waals surface area contributed by atoms with Gasteiger partial charge in [0, 0.05) is 25.0 Å². The Hall–Kier alpha value is -0.610. The van der Waals surface area contributed by atoms with Crippen molar-refractivity contribution in [2.24, 2.45) is 5.73 Å². The molecule has 1 saturated heterocycles. The fraction of sp³-hybridized carbons (Fsp3) is 0.900. The van der Waals surface area contributed by atoms with Crippen LogP contribution in [0.25, 0.3) is 0 Å². The zero-order chi connectivity index (χ0) is 10.1. The van der Waals surface area contributed by atoms with Gasteiger partial charge in [-0.05, 0) is 26.2 Å². The van der Waals surface area contributed by atoms with E-state index < -0.39 is 0 Å². The summed E-state index contributed by atoms with van der Waals surface area (Å²) >= 11 is 0. The van der Waals surface area contributed by atoms with Gasteiger partial charge in [-0.15, -0.1) is 0 Å². The second-order valence-corrected chi connectivity index (χ2v) is 4.45. The van der Waals surface area contributed by atoms with Crippen LogP contribution >= 0.6 is 0 Å². The van der Waals surface area contributed by atoms with Gasteiger partial charge in [-0.2, -0.15) is 0 Å². The lowest BCUT2D eigenvalue weighted by Crippen LogP contribution is -2.54. The minimum Gasteiger partial charge on any atom is -0.326 e. The first-order chi connectivity index (χ1) is 6.68. The Morgan fingerprint density at radius 1 is 1.57 bits per heavy atom. The number of carbonyl (C=O) groups is 1. The molecule has 1 unspecified atom stereocenters. The van der Waals surface area contributed by atoms with Gasteiger partial charge in [0.2, 0.25) is 5.91 Å². The third kappa shape index (κ3) is 2.07. The van der Waals surface area contributed by atoms with Gasteiger partial charge in [-0.3, -0.25) is 9.80 Å². The Labute approximate surface area is 85.0 Å². The summed E-state index contributed by atoms with van der Waals surface area (Å²) in [5.41, 5.74) is 5.75. The van der Waals surface area contributed by atoms with Crippen LogP contribution in [0, 0.1) is 0 Å². The van der Waals surface area contributed by atoms with Crippen molar-refractivity contribution in [3.8, 4) is 0 Å². The molecule has 2 N–H and O–H groups in total. The number of nitrogens with zero attached hydrogens (tertiary/aromatic N) is 2. The Bertz CT molecular complexity index is 225. The molecule has 4 nitrogen and oxygen atoms in total. The van der Waals surface area contributed by atoms with Crippen LogP contribution in [0.4, 0.5) is 0 Å². The first-order valence-corrected chi connectivity index (χ1v) is 5.51. The predicted molar refractivity (Wildman–Crippen MR) is 54.3 cm³/mol. The average Bonchev–Trinajstić information content (AvgIpc) is 2.90. The molecule has 0 aromatic rings. The van der Waals surface area contributed by atoms with Crippen LogP contribution in [0.15, 0.2) is 0 Å². The SMILES string of the molecule is CC(N)CN1C(=O)CCCN1C1CC1. The average molecular weight is 197 g/mol. The van der Waals surface area contributed by atoms with E-state index in [0.29, 0.717) is 19.0 Å². The maximum absolute atomic E-state index is 11.7. The van der Waals surface area contributed by atoms with E-state index in [1.165, 1.54) is 12.8 Å². The number of hydrogen-bond donors (Lipinski definition) is 1. The van der Waals surface area contributed by atoms with E-state index in [1.54, 1.807) is 0 Å². The standard InChI is InChI=1S/C10H19N3O/c1-8(11)7-13-10(14)3-2-6-12(13)9-4-5-9/h8-9H,2-7,11H2,1H3. The molecule has 0 spiro atoms. The van der Waals surface area contributed by atoms with Gasteiger partial charge in [0.15, 0.2) is 0 Å². The highest BCUT2D eigenvalue weighted by Gasteiger charge is 2.37. The van der Waals surface area contributed by atoms with E-state index in [4.69, 9.17) is 5.73 Å². The van der Waals surface area contributed by atoms with Gasteiger partial charge in [-0.1, -0.05) is 0 Å². The Balaban J connectivity index is 2.00. The van der Waals surface area contributed by atoms with Gasteiger partial charge >= 0.3 is 0 Å². The fourth-order valence-corrected chi connectivity index (χ4v) is 2.02. The minimum absolute atomic E-state index is 0.0679. The lowest BCUT2D eigenvalue weighted by molar-refractivity contribution is -0.157. The summed E-state index contributed by atoms with van der Waals surface area (Å²) in [5.74, 6) is 0.250. The van der Waals surface area contributed by atoms with Crippen molar-refractivity contribution in [3.05, 3.63) is 0 Å². The van der Waals surface area contributed by atoms with Crippen LogP contribution in [-0.4, -0.2) is 41.1 Å². The first-order valence-electron chi connectivity index (χ1n) is 5.51. The van der Waals surface area contributed by atoms with Crippen LogP contribution in [0.3, 0.4) is 0 Å². The molecular weight excluding hydrogens is 178 g/mol. The van der Waals surface area contributed by atoms with Crippen LogP contribution in [0.1, 0.15) is 32.6 Å². The molecule has 14 heavy (non-hydrogen) atoms. The third-order valence-corrected chi connectivity index (χ3v) is 2.81. The molecule has 1 aliphatic heterocycles. The van der Waals surface area contributed by atoms with Crippen molar-refractivity contribution in [3.63, 3.8) is 0 Å². The van der Waals surface area contributed by atoms with Gasteiger partial charge in [0.25, 0.3) is 0 Å². The summed E-state index contributed by atoms with van der Waals surface area (Å²) in [6.45, 7) is 3.66. The fourth-order valence-electron chi connectivity index (χ4n) is 2.02. The van der Waals surface area contributed by atoms with E-state index in [-0.39, 0.29) is 11.9 Å².